The Morgan fingerprint density at radius 2 is 1.91 bits per heavy atom. The molecule has 1 aliphatic heterocycles. The van der Waals surface area contributed by atoms with Gasteiger partial charge >= 0.3 is 0 Å². The van der Waals surface area contributed by atoms with E-state index >= 15 is 0 Å². The van der Waals surface area contributed by atoms with Crippen molar-refractivity contribution in [3.8, 4) is 0 Å². The van der Waals surface area contributed by atoms with E-state index in [1.807, 2.05) is 24.4 Å². The molecule has 2 heterocycles. The number of hydrogen-bond donors (Lipinski definition) is 0. The van der Waals surface area contributed by atoms with Crippen molar-refractivity contribution >= 4 is 11.7 Å². The number of carbonyl (C=O) groups excluding carboxylic acids is 1. The van der Waals surface area contributed by atoms with Crippen molar-refractivity contribution in [1.29, 1.82) is 0 Å². The molecule has 1 aromatic heterocycles. The first-order valence-corrected chi connectivity index (χ1v) is 8.61. The lowest BCUT2D eigenvalue weighted by Gasteiger charge is -2.42. The van der Waals surface area contributed by atoms with Gasteiger partial charge in [-0.05, 0) is 50.7 Å². The number of amides is 1. The predicted molar refractivity (Wildman–Crippen MR) is 88.7 cm³/mol. The molecule has 2 fully saturated rings. The van der Waals surface area contributed by atoms with Crippen LogP contribution in [0.3, 0.4) is 0 Å². The summed E-state index contributed by atoms with van der Waals surface area (Å²) in [6, 6.07) is 6.28. The van der Waals surface area contributed by atoms with Gasteiger partial charge in [-0.1, -0.05) is 13.0 Å². The topological polar surface area (TPSA) is 36.4 Å². The monoisotopic (exact) mass is 301 g/mol. The minimum absolute atomic E-state index is 0.264. The largest absolute Gasteiger partial charge is 0.353 e. The zero-order valence-electron chi connectivity index (χ0n) is 13.7. The smallest absolute Gasteiger partial charge is 0.226 e. The fourth-order valence-corrected chi connectivity index (χ4v) is 3.78. The van der Waals surface area contributed by atoms with E-state index in [0.29, 0.717) is 5.91 Å². The lowest BCUT2D eigenvalue weighted by atomic mass is 9.82. The molecule has 0 bridgehead atoms. The van der Waals surface area contributed by atoms with Crippen LogP contribution in [0, 0.1) is 11.8 Å². The molecule has 0 aromatic carbocycles. The fraction of sp³-hybridized carbons (Fsp3) is 0.667. The molecular formula is C18H27N3O. The van der Waals surface area contributed by atoms with Gasteiger partial charge in [0.15, 0.2) is 0 Å². The van der Waals surface area contributed by atoms with Crippen LogP contribution in [-0.2, 0) is 4.79 Å². The van der Waals surface area contributed by atoms with Crippen molar-refractivity contribution < 1.29 is 4.79 Å². The molecule has 0 spiro atoms. The molecule has 3 rings (SSSR count). The van der Waals surface area contributed by atoms with Crippen LogP contribution in [0.5, 0.6) is 0 Å². The molecule has 1 saturated carbocycles. The molecule has 120 valence electrons. The van der Waals surface area contributed by atoms with Crippen LogP contribution >= 0.6 is 0 Å². The maximum Gasteiger partial charge on any atom is 0.226 e. The van der Waals surface area contributed by atoms with Gasteiger partial charge in [0.1, 0.15) is 5.82 Å². The fourth-order valence-electron chi connectivity index (χ4n) is 3.78. The first-order valence-electron chi connectivity index (χ1n) is 8.61. The molecule has 0 N–H and O–H groups in total. The molecule has 22 heavy (non-hydrogen) atoms. The standard InChI is InChI=1S/C18H27N3O/c1-14-6-8-16(9-7-14)18(22)21-12-11-20(13-15(21)2)17-5-3-4-10-19-17/h3-5,10,14-16H,6-9,11-13H2,1-2H3/t14?,15-,16?/m1/s1. The lowest BCUT2D eigenvalue weighted by molar-refractivity contribution is -0.139. The number of anilines is 1. The predicted octanol–water partition coefficient (Wildman–Crippen LogP) is 2.95. The van der Waals surface area contributed by atoms with Gasteiger partial charge in [0, 0.05) is 37.8 Å². The van der Waals surface area contributed by atoms with Gasteiger partial charge < -0.3 is 9.80 Å². The Labute approximate surface area is 133 Å². The molecule has 1 aromatic rings. The average Bonchev–Trinajstić information content (AvgIpc) is 2.56. The molecule has 0 unspecified atom stereocenters. The van der Waals surface area contributed by atoms with Gasteiger partial charge in [0.25, 0.3) is 0 Å². The number of hydrogen-bond acceptors (Lipinski definition) is 3. The van der Waals surface area contributed by atoms with E-state index in [2.05, 4.69) is 28.6 Å². The second-order valence-corrected chi connectivity index (χ2v) is 6.97. The summed E-state index contributed by atoms with van der Waals surface area (Å²) in [4.78, 5) is 21.6. The normalized spacial score (nSPS) is 29.5. The molecule has 4 heteroatoms. The maximum absolute atomic E-state index is 12.8. The van der Waals surface area contributed by atoms with Crippen molar-refractivity contribution in [2.75, 3.05) is 24.5 Å². The number of nitrogens with zero attached hydrogens (tertiary/aromatic N) is 3. The van der Waals surface area contributed by atoms with Gasteiger partial charge in [-0.15, -0.1) is 0 Å². The molecule has 2 aliphatic rings. The second kappa shape index (κ2) is 6.67. The molecular weight excluding hydrogens is 274 g/mol. The molecule has 1 saturated heterocycles. The van der Waals surface area contributed by atoms with E-state index < -0.39 is 0 Å². The van der Waals surface area contributed by atoms with Crippen molar-refractivity contribution in [1.82, 2.24) is 9.88 Å². The van der Waals surface area contributed by atoms with Crippen molar-refractivity contribution in [3.05, 3.63) is 24.4 Å². The third kappa shape index (κ3) is 3.26. The van der Waals surface area contributed by atoms with E-state index in [1.165, 1.54) is 12.8 Å². The number of aromatic nitrogens is 1. The number of piperazine rings is 1. The summed E-state index contributed by atoms with van der Waals surface area (Å²) in [5.74, 6) is 2.47. The summed E-state index contributed by atoms with van der Waals surface area (Å²) in [6.07, 6.45) is 6.40. The highest BCUT2D eigenvalue weighted by molar-refractivity contribution is 5.79. The lowest BCUT2D eigenvalue weighted by Crippen LogP contribution is -2.55. The van der Waals surface area contributed by atoms with Crippen molar-refractivity contribution in [2.45, 2.75) is 45.6 Å². The summed E-state index contributed by atoms with van der Waals surface area (Å²) in [5, 5.41) is 0. The summed E-state index contributed by atoms with van der Waals surface area (Å²) in [7, 11) is 0. The highest BCUT2D eigenvalue weighted by Crippen LogP contribution is 2.30. The Morgan fingerprint density at radius 1 is 1.14 bits per heavy atom. The molecule has 1 aliphatic carbocycles. The van der Waals surface area contributed by atoms with E-state index in [0.717, 1.165) is 44.2 Å². The van der Waals surface area contributed by atoms with Gasteiger partial charge in [-0.3, -0.25) is 4.79 Å². The van der Waals surface area contributed by atoms with Gasteiger partial charge in [-0.25, -0.2) is 4.98 Å². The minimum Gasteiger partial charge on any atom is -0.353 e. The van der Waals surface area contributed by atoms with E-state index in [1.54, 1.807) is 0 Å². The van der Waals surface area contributed by atoms with Crippen LogP contribution in [-0.4, -0.2) is 41.5 Å². The third-order valence-corrected chi connectivity index (χ3v) is 5.25. The van der Waals surface area contributed by atoms with Crippen molar-refractivity contribution in [3.63, 3.8) is 0 Å². The zero-order chi connectivity index (χ0) is 15.5. The average molecular weight is 301 g/mol. The summed E-state index contributed by atoms with van der Waals surface area (Å²) in [5.41, 5.74) is 0. The van der Waals surface area contributed by atoms with Crippen LogP contribution in [0.2, 0.25) is 0 Å². The van der Waals surface area contributed by atoms with Crippen LogP contribution in [0.15, 0.2) is 24.4 Å². The Hall–Kier alpha value is -1.58. The van der Waals surface area contributed by atoms with Crippen LogP contribution in [0.4, 0.5) is 5.82 Å². The molecule has 0 radical (unpaired) electrons. The summed E-state index contributed by atoms with van der Waals surface area (Å²) < 4.78 is 0. The molecule has 1 atom stereocenters. The van der Waals surface area contributed by atoms with Crippen LogP contribution in [0.25, 0.3) is 0 Å². The Balaban J connectivity index is 1.59. The zero-order valence-corrected chi connectivity index (χ0v) is 13.7. The Morgan fingerprint density at radius 3 is 2.55 bits per heavy atom. The minimum atomic E-state index is 0.264. The summed E-state index contributed by atoms with van der Waals surface area (Å²) in [6.45, 7) is 7.05. The third-order valence-electron chi connectivity index (χ3n) is 5.25. The van der Waals surface area contributed by atoms with Crippen LogP contribution in [0.1, 0.15) is 39.5 Å². The maximum atomic E-state index is 12.8. The van der Waals surface area contributed by atoms with E-state index in [-0.39, 0.29) is 12.0 Å². The SMILES string of the molecule is CC1CCC(C(=O)N2CCN(c3ccccn3)C[C@H]2C)CC1. The highest BCUT2D eigenvalue weighted by atomic mass is 16.2. The first kappa shape index (κ1) is 15.3. The van der Waals surface area contributed by atoms with E-state index in [9.17, 15) is 4.79 Å². The van der Waals surface area contributed by atoms with Gasteiger partial charge in [0.05, 0.1) is 0 Å². The Kier molecular flexibility index (Phi) is 4.65. The first-order chi connectivity index (χ1) is 10.6. The number of rotatable bonds is 2. The van der Waals surface area contributed by atoms with Gasteiger partial charge in [0.2, 0.25) is 5.91 Å². The molecule has 1 amide bonds. The van der Waals surface area contributed by atoms with Crippen LogP contribution < -0.4 is 4.90 Å². The second-order valence-electron chi connectivity index (χ2n) is 6.97. The number of pyridine rings is 1. The number of carbonyl (C=O) groups is 1. The van der Waals surface area contributed by atoms with Gasteiger partial charge in [-0.2, -0.15) is 0 Å². The van der Waals surface area contributed by atoms with Crippen molar-refractivity contribution in [2.24, 2.45) is 11.8 Å². The quantitative estimate of drug-likeness (QED) is 0.842. The van der Waals surface area contributed by atoms with E-state index in [4.69, 9.17) is 0 Å². The summed E-state index contributed by atoms with van der Waals surface area (Å²) >= 11 is 0. The highest BCUT2D eigenvalue weighted by Gasteiger charge is 2.33. The molecule has 4 nitrogen and oxygen atoms in total. The Bertz CT molecular complexity index is 496.